The van der Waals surface area contributed by atoms with E-state index in [-0.39, 0.29) is 22.5 Å². The Morgan fingerprint density at radius 2 is 1.88 bits per heavy atom. The van der Waals surface area contributed by atoms with Crippen molar-refractivity contribution in [3.8, 4) is 17.3 Å². The van der Waals surface area contributed by atoms with Crippen LogP contribution in [0, 0.1) is 11.3 Å². The Hall–Kier alpha value is -4.25. The lowest BCUT2D eigenvalue weighted by molar-refractivity contribution is -0.297. The Morgan fingerprint density at radius 1 is 1.18 bits per heavy atom. The number of nitrogens with one attached hydrogen (secondary N) is 3. The van der Waals surface area contributed by atoms with Crippen LogP contribution in [-0.2, 0) is 10.8 Å². The summed E-state index contributed by atoms with van der Waals surface area (Å²) in [6, 6.07) is 6.77. The van der Waals surface area contributed by atoms with Crippen LogP contribution in [0.15, 0.2) is 50.9 Å². The molecule has 3 aromatic rings. The van der Waals surface area contributed by atoms with Gasteiger partial charge >= 0.3 is 11.8 Å². The van der Waals surface area contributed by atoms with E-state index in [2.05, 4.69) is 19.9 Å². The fourth-order valence-electron chi connectivity index (χ4n) is 3.42. The highest BCUT2D eigenvalue weighted by molar-refractivity contribution is 5.62. The number of halogens is 4. The monoisotopic (exact) mass is 478 g/mol. The fourth-order valence-corrected chi connectivity index (χ4v) is 3.42. The lowest BCUT2D eigenvalue weighted by Gasteiger charge is -2.24. The van der Waals surface area contributed by atoms with Crippen LogP contribution in [0.1, 0.15) is 11.1 Å². The smallest absolute Gasteiger partial charge is 0.358 e. The number of rotatable bonds is 5. The third-order valence-electron chi connectivity index (χ3n) is 5.12. The van der Waals surface area contributed by atoms with Gasteiger partial charge in [-0.25, -0.2) is 18.7 Å². The first-order valence-electron chi connectivity index (χ1n) is 9.61. The molecule has 3 N–H and O–H groups in total. The van der Waals surface area contributed by atoms with Gasteiger partial charge in [0.1, 0.15) is 11.8 Å². The van der Waals surface area contributed by atoms with Gasteiger partial charge in [-0.05, 0) is 30.3 Å². The molecular weight excluding hydrogens is 464 g/mol. The van der Waals surface area contributed by atoms with E-state index in [0.717, 1.165) is 41.4 Å². The number of ether oxygens (including phenoxy) is 1. The summed E-state index contributed by atoms with van der Waals surface area (Å²) in [5.74, 6) is -3.76. The average molecular weight is 478 g/mol. The maximum atomic E-state index is 14.6. The summed E-state index contributed by atoms with van der Waals surface area (Å²) in [4.78, 5) is 40.4. The highest BCUT2D eigenvalue weighted by Gasteiger charge is 2.54. The zero-order valence-electron chi connectivity index (χ0n) is 16.9. The summed E-state index contributed by atoms with van der Waals surface area (Å²) in [5.41, 5.74) is -3.83. The van der Waals surface area contributed by atoms with E-state index in [1.807, 2.05) is 4.98 Å². The van der Waals surface area contributed by atoms with Crippen LogP contribution < -0.4 is 21.7 Å². The molecule has 4 rings (SSSR count). The lowest BCUT2D eigenvalue weighted by atomic mass is 10.1. The van der Waals surface area contributed by atoms with Crippen molar-refractivity contribution >= 4 is 5.69 Å². The number of nitrogens with zero attached hydrogens (tertiary/aromatic N) is 3. The molecule has 0 amide bonds. The molecule has 176 valence electrons. The van der Waals surface area contributed by atoms with Gasteiger partial charge in [-0.15, -0.1) is 0 Å². The topological polar surface area (TPSA) is 148 Å². The molecule has 14 heteroatoms. The molecule has 1 fully saturated rings. The first kappa shape index (κ1) is 22.9. The van der Waals surface area contributed by atoms with E-state index in [9.17, 15) is 31.9 Å². The van der Waals surface area contributed by atoms with E-state index in [0.29, 0.717) is 0 Å². The molecule has 0 bridgehead atoms. The first-order valence-corrected chi connectivity index (χ1v) is 9.61. The van der Waals surface area contributed by atoms with Crippen LogP contribution in [0.25, 0.3) is 11.3 Å². The Morgan fingerprint density at radius 3 is 2.53 bits per heavy atom. The summed E-state index contributed by atoms with van der Waals surface area (Å²) in [7, 11) is 0. The van der Waals surface area contributed by atoms with Crippen molar-refractivity contribution in [3.63, 3.8) is 0 Å². The lowest BCUT2D eigenvalue weighted by Crippen LogP contribution is -2.38. The van der Waals surface area contributed by atoms with Gasteiger partial charge in [0.25, 0.3) is 17.0 Å². The van der Waals surface area contributed by atoms with Gasteiger partial charge in [0.05, 0.1) is 41.5 Å². The van der Waals surface area contributed by atoms with Gasteiger partial charge in [0.15, 0.2) is 0 Å². The number of aromatic amines is 3. The molecule has 10 nitrogen and oxygen atoms in total. The number of H-pyrrole nitrogens is 3. The van der Waals surface area contributed by atoms with Crippen LogP contribution >= 0.6 is 0 Å². The number of benzene rings is 1. The second kappa shape index (κ2) is 8.27. The van der Waals surface area contributed by atoms with Crippen molar-refractivity contribution < 1.29 is 22.3 Å². The predicted molar refractivity (Wildman–Crippen MR) is 109 cm³/mol. The predicted octanol–water partition coefficient (Wildman–Crippen LogP) is 1.28. The third kappa shape index (κ3) is 4.33. The minimum absolute atomic E-state index is 0.103. The zero-order valence-corrected chi connectivity index (χ0v) is 16.9. The minimum atomic E-state index is -4.10. The first-order chi connectivity index (χ1) is 16.0. The van der Waals surface area contributed by atoms with Crippen LogP contribution in [-0.4, -0.2) is 45.3 Å². The van der Waals surface area contributed by atoms with Gasteiger partial charge in [-0.3, -0.25) is 14.6 Å². The molecule has 34 heavy (non-hydrogen) atoms. The average Bonchev–Trinajstić information content (AvgIpc) is 3.07. The second-order valence-electron chi connectivity index (χ2n) is 7.41. The van der Waals surface area contributed by atoms with Crippen molar-refractivity contribution in [1.29, 1.82) is 5.26 Å². The molecule has 0 spiro atoms. The van der Waals surface area contributed by atoms with Crippen molar-refractivity contribution in [2.45, 2.75) is 18.1 Å². The highest BCUT2D eigenvalue weighted by Crippen LogP contribution is 2.39. The molecule has 1 aliphatic rings. The number of hydrogen-bond acceptors (Lipinski definition) is 7. The highest BCUT2D eigenvalue weighted by atomic mass is 19.3. The second-order valence-corrected chi connectivity index (χ2v) is 7.41. The Bertz CT molecular complexity index is 1440. The Balaban J connectivity index is 1.61. The fraction of sp³-hybridized carbons (Fsp3) is 0.250. The molecule has 1 unspecified atom stereocenters. The standard InChI is InChI=1S/C20H14F4N6O4/c21-19(22)9-30(8-15(19)34-20(23,24)11-3-1-10(6-25)2-4-11)14-5-13(28-29-17(14)32)12-7-26-18(33)27-16(12)31/h1-5,7,15H,8-9H2,(H,29,32)(H2,26,27,31,33). The largest absolute Gasteiger partial charge is 0.383 e. The number of anilines is 1. The van der Waals surface area contributed by atoms with E-state index in [4.69, 9.17) is 5.26 Å². The van der Waals surface area contributed by atoms with E-state index in [1.165, 1.54) is 0 Å². The molecular formula is C20H14F4N6O4. The van der Waals surface area contributed by atoms with Crippen molar-refractivity contribution in [3.05, 3.63) is 78.8 Å². The molecule has 0 radical (unpaired) electrons. The SMILES string of the molecule is N#Cc1ccc(C(F)(F)OC2CN(c3cc(-c4c[nH]c(=O)[nH]c4=O)n[nH]c3=O)CC2(F)F)cc1. The molecule has 1 aliphatic heterocycles. The summed E-state index contributed by atoms with van der Waals surface area (Å²) in [6.45, 7) is -1.89. The summed E-state index contributed by atoms with van der Waals surface area (Å²) >= 11 is 0. The minimum Gasteiger partial charge on any atom is -0.358 e. The van der Waals surface area contributed by atoms with E-state index < -0.39 is 53.6 Å². The van der Waals surface area contributed by atoms with Gasteiger partial charge in [0.2, 0.25) is 0 Å². The molecule has 0 aliphatic carbocycles. The number of aromatic nitrogens is 4. The van der Waals surface area contributed by atoms with Gasteiger partial charge in [-0.2, -0.15) is 19.1 Å². The van der Waals surface area contributed by atoms with E-state index in [1.54, 1.807) is 6.07 Å². The normalized spacial score (nSPS) is 17.5. The van der Waals surface area contributed by atoms with Crippen LogP contribution in [0.3, 0.4) is 0 Å². The third-order valence-corrected chi connectivity index (χ3v) is 5.12. The summed E-state index contributed by atoms with van der Waals surface area (Å²) in [6.07, 6.45) is -5.36. The van der Waals surface area contributed by atoms with Gasteiger partial charge in [-0.1, -0.05) is 0 Å². The summed E-state index contributed by atoms with van der Waals surface area (Å²) in [5, 5.41) is 14.5. The summed E-state index contributed by atoms with van der Waals surface area (Å²) < 4.78 is 62.8. The molecule has 2 aromatic heterocycles. The van der Waals surface area contributed by atoms with Gasteiger partial charge in [0, 0.05) is 6.20 Å². The maximum absolute atomic E-state index is 14.6. The molecule has 3 heterocycles. The molecule has 1 aromatic carbocycles. The molecule has 1 atom stereocenters. The quantitative estimate of drug-likeness (QED) is 0.468. The number of nitriles is 1. The van der Waals surface area contributed by atoms with Crippen LogP contribution in [0.5, 0.6) is 0 Å². The van der Waals surface area contributed by atoms with Crippen molar-refractivity contribution in [1.82, 2.24) is 20.2 Å². The van der Waals surface area contributed by atoms with E-state index >= 15 is 0 Å². The zero-order chi connectivity index (χ0) is 24.7. The Kier molecular flexibility index (Phi) is 5.57. The van der Waals surface area contributed by atoms with Crippen molar-refractivity contribution in [2.75, 3.05) is 18.0 Å². The number of hydrogen-bond donors (Lipinski definition) is 3. The van der Waals surface area contributed by atoms with Gasteiger partial charge < -0.3 is 14.6 Å². The molecule has 0 saturated carbocycles. The molecule has 1 saturated heterocycles. The van der Waals surface area contributed by atoms with Crippen molar-refractivity contribution in [2.24, 2.45) is 0 Å². The Labute approximate surface area is 186 Å². The van der Waals surface area contributed by atoms with Crippen LogP contribution in [0.2, 0.25) is 0 Å². The maximum Gasteiger partial charge on any atom is 0.383 e. The van der Waals surface area contributed by atoms with Crippen LogP contribution in [0.4, 0.5) is 23.2 Å². The number of alkyl halides is 4.